The fraction of sp³-hybridized carbons (Fsp3) is 0.500. The monoisotopic (exact) mass is 619 g/mol. The Bertz CT molecular complexity index is 1650. The molecule has 0 aliphatic carbocycles. The highest BCUT2D eigenvalue weighted by Gasteiger charge is 2.56. The maximum absolute atomic E-state index is 13.0. The quantitative estimate of drug-likeness (QED) is 0.348. The van der Waals surface area contributed by atoms with E-state index >= 15 is 0 Å². The first-order valence-electron chi connectivity index (χ1n) is 13.3. The summed E-state index contributed by atoms with van der Waals surface area (Å²) in [5.74, 6) is -2.24. The van der Waals surface area contributed by atoms with Gasteiger partial charge in [0.1, 0.15) is 36.0 Å². The first-order valence-corrected chi connectivity index (χ1v) is 14.7. The van der Waals surface area contributed by atoms with Crippen molar-refractivity contribution in [3.63, 3.8) is 0 Å². The van der Waals surface area contributed by atoms with Crippen LogP contribution < -0.4 is 10.0 Å². The van der Waals surface area contributed by atoms with Crippen molar-refractivity contribution in [1.82, 2.24) is 28.5 Å². The van der Waals surface area contributed by atoms with E-state index in [1.165, 1.54) is 44.0 Å². The van der Waals surface area contributed by atoms with Crippen LogP contribution in [0.5, 0.6) is 5.75 Å². The van der Waals surface area contributed by atoms with Gasteiger partial charge in [0.15, 0.2) is 29.0 Å². The number of carbonyl (C=O) groups is 2. The largest absolute Gasteiger partial charge is 0.507 e. The molecule has 2 aliphatic rings. The molecule has 4 atom stereocenters. The summed E-state index contributed by atoms with van der Waals surface area (Å²) in [6, 6.07) is 5.58. The molecule has 4 heterocycles. The molecule has 0 saturated carbocycles. The third kappa shape index (κ3) is 6.40. The van der Waals surface area contributed by atoms with E-state index in [-0.39, 0.29) is 29.2 Å². The molecular weight excluding hydrogens is 586 g/mol. The standard InChI is InChI=1S/C26H33N7O9S/c1-25(2,3)42-24(36)30-20-17-21(28-12-27-20)33(13-29-17)23-19-18(40-26(4,5)41-19)16(39-23)11-32(6)43(37,38)31-22(35)14-9-7-8-10-15(14)34/h7-10,12-13,16,18-19,23,34H,11H2,1-6H3,(H,31,35)(H,27,28,30,36)/t16-,18-,19-,23-/m1/s1. The molecule has 5 rings (SSSR count). The minimum Gasteiger partial charge on any atom is -0.507 e. The number of nitrogens with zero attached hydrogens (tertiary/aromatic N) is 5. The van der Waals surface area contributed by atoms with E-state index in [0.717, 1.165) is 4.31 Å². The van der Waals surface area contributed by atoms with Crippen LogP contribution in [0, 0.1) is 0 Å². The second kappa shape index (κ2) is 11.0. The predicted octanol–water partition coefficient (Wildman–Crippen LogP) is 1.90. The van der Waals surface area contributed by atoms with E-state index in [4.69, 9.17) is 18.9 Å². The first kappa shape index (κ1) is 30.6. The van der Waals surface area contributed by atoms with Gasteiger partial charge in [-0.25, -0.2) is 24.5 Å². The van der Waals surface area contributed by atoms with Crippen molar-refractivity contribution in [3.05, 3.63) is 42.5 Å². The van der Waals surface area contributed by atoms with Crippen LogP contribution in [-0.2, 0) is 29.2 Å². The lowest BCUT2D eigenvalue weighted by Gasteiger charge is -2.27. The minimum absolute atomic E-state index is 0.124. The van der Waals surface area contributed by atoms with Crippen LogP contribution >= 0.6 is 0 Å². The maximum Gasteiger partial charge on any atom is 0.413 e. The topological polar surface area (TPSA) is 196 Å². The number of fused-ring (bicyclic) bond motifs is 2. The molecule has 2 aliphatic heterocycles. The van der Waals surface area contributed by atoms with Crippen LogP contribution in [0.2, 0.25) is 0 Å². The lowest BCUT2D eigenvalue weighted by atomic mass is 10.1. The highest BCUT2D eigenvalue weighted by molar-refractivity contribution is 7.87. The predicted molar refractivity (Wildman–Crippen MR) is 150 cm³/mol. The van der Waals surface area contributed by atoms with Crippen LogP contribution in [0.3, 0.4) is 0 Å². The highest BCUT2D eigenvalue weighted by atomic mass is 32.2. The molecule has 2 amide bonds. The average molecular weight is 620 g/mol. The summed E-state index contributed by atoms with van der Waals surface area (Å²) in [4.78, 5) is 37.8. The van der Waals surface area contributed by atoms with Crippen LogP contribution in [0.1, 0.15) is 51.2 Å². The number of benzene rings is 1. The number of amides is 2. The summed E-state index contributed by atoms with van der Waals surface area (Å²) in [5.41, 5.74) is -0.340. The minimum atomic E-state index is -4.35. The molecule has 2 fully saturated rings. The lowest BCUT2D eigenvalue weighted by Crippen LogP contribution is -2.46. The molecule has 43 heavy (non-hydrogen) atoms. The first-order chi connectivity index (χ1) is 20.0. The fourth-order valence-corrected chi connectivity index (χ4v) is 5.67. The number of aromatic hydroxyl groups is 1. The van der Waals surface area contributed by atoms with Gasteiger partial charge in [0.2, 0.25) is 0 Å². The molecule has 0 bridgehead atoms. The molecule has 3 N–H and O–H groups in total. The number of para-hydroxylation sites is 1. The van der Waals surface area contributed by atoms with Crippen molar-refractivity contribution < 1.29 is 42.1 Å². The average Bonchev–Trinajstić information content (AvgIpc) is 3.54. The zero-order valence-electron chi connectivity index (χ0n) is 24.3. The Morgan fingerprint density at radius 3 is 2.53 bits per heavy atom. The number of rotatable bonds is 7. The van der Waals surface area contributed by atoms with Gasteiger partial charge in [0, 0.05) is 13.6 Å². The molecule has 0 spiro atoms. The number of anilines is 1. The molecule has 3 aromatic rings. The summed E-state index contributed by atoms with van der Waals surface area (Å²) in [5, 5.41) is 12.5. The van der Waals surface area contributed by atoms with Gasteiger partial charge in [0.25, 0.3) is 5.91 Å². The Balaban J connectivity index is 1.37. The van der Waals surface area contributed by atoms with E-state index in [0.29, 0.717) is 5.65 Å². The molecule has 2 saturated heterocycles. The number of ether oxygens (including phenoxy) is 4. The summed E-state index contributed by atoms with van der Waals surface area (Å²) in [6.45, 7) is 8.44. The van der Waals surface area contributed by atoms with Crippen LogP contribution in [0.25, 0.3) is 11.2 Å². The van der Waals surface area contributed by atoms with E-state index in [1.807, 2.05) is 4.72 Å². The highest BCUT2D eigenvalue weighted by Crippen LogP contribution is 2.44. The Morgan fingerprint density at radius 2 is 1.84 bits per heavy atom. The van der Waals surface area contributed by atoms with Crippen LogP contribution in [-0.4, -0.2) is 92.6 Å². The normalized spacial score (nSPS) is 23.3. The third-order valence-corrected chi connectivity index (χ3v) is 8.01. The zero-order valence-corrected chi connectivity index (χ0v) is 25.2. The van der Waals surface area contributed by atoms with E-state index in [9.17, 15) is 23.1 Å². The van der Waals surface area contributed by atoms with Gasteiger partial charge in [0.05, 0.1) is 11.9 Å². The summed E-state index contributed by atoms with van der Waals surface area (Å²) < 4.78 is 54.4. The number of carbonyl (C=O) groups excluding carboxylic acids is 2. The molecule has 0 unspecified atom stereocenters. The molecule has 16 nitrogen and oxygen atoms in total. The summed E-state index contributed by atoms with van der Waals surface area (Å²) >= 11 is 0. The summed E-state index contributed by atoms with van der Waals surface area (Å²) in [7, 11) is -3.07. The van der Waals surface area contributed by atoms with Crippen molar-refractivity contribution >= 4 is 39.2 Å². The Morgan fingerprint density at radius 1 is 1.14 bits per heavy atom. The molecule has 232 valence electrons. The molecule has 1 aromatic carbocycles. The SMILES string of the molecule is CN(C[C@H]1O[C@@H](n2cnc3c(NC(=O)OC(C)(C)C)ncnc32)[C@@H]2OC(C)(C)O[C@@H]21)S(=O)(=O)NC(=O)c1ccccc1O. The number of likely N-dealkylation sites (N-methyl/N-ethyl adjacent to an activating group) is 1. The van der Waals surface area contributed by atoms with Gasteiger partial charge in [-0.15, -0.1) is 0 Å². The van der Waals surface area contributed by atoms with Gasteiger partial charge in [-0.2, -0.15) is 12.7 Å². The third-order valence-electron chi connectivity index (χ3n) is 6.60. The number of hydrogen-bond donors (Lipinski definition) is 3. The lowest BCUT2D eigenvalue weighted by molar-refractivity contribution is -0.196. The Hall–Kier alpha value is -3.90. The Labute approximate surface area is 247 Å². The molecule has 0 radical (unpaired) electrons. The number of hydrogen-bond acceptors (Lipinski definition) is 12. The van der Waals surface area contributed by atoms with Crippen molar-refractivity contribution in [2.24, 2.45) is 0 Å². The van der Waals surface area contributed by atoms with E-state index in [1.54, 1.807) is 39.2 Å². The van der Waals surface area contributed by atoms with Gasteiger partial charge in [-0.1, -0.05) is 12.1 Å². The number of imidazole rings is 1. The van der Waals surface area contributed by atoms with Gasteiger partial charge < -0.3 is 24.1 Å². The van der Waals surface area contributed by atoms with Gasteiger partial charge in [-0.05, 0) is 46.8 Å². The Kier molecular flexibility index (Phi) is 7.80. The van der Waals surface area contributed by atoms with E-state index < -0.39 is 58.1 Å². The van der Waals surface area contributed by atoms with Crippen LogP contribution in [0.15, 0.2) is 36.9 Å². The molecule has 17 heteroatoms. The zero-order chi connectivity index (χ0) is 31.3. The number of phenols is 1. The fourth-order valence-electron chi connectivity index (χ4n) is 4.83. The smallest absolute Gasteiger partial charge is 0.413 e. The van der Waals surface area contributed by atoms with Crippen molar-refractivity contribution in [1.29, 1.82) is 0 Å². The van der Waals surface area contributed by atoms with Crippen molar-refractivity contribution in [3.8, 4) is 5.75 Å². The second-order valence-corrected chi connectivity index (χ2v) is 13.3. The molecule has 2 aromatic heterocycles. The summed E-state index contributed by atoms with van der Waals surface area (Å²) in [6.07, 6.45) is -1.10. The maximum atomic E-state index is 13.0. The number of phenolic OH excluding ortho intramolecular Hbond substituents is 1. The van der Waals surface area contributed by atoms with Crippen LogP contribution in [0.4, 0.5) is 10.6 Å². The van der Waals surface area contributed by atoms with Crippen molar-refractivity contribution in [2.75, 3.05) is 18.9 Å². The van der Waals surface area contributed by atoms with E-state index in [2.05, 4.69) is 20.3 Å². The van der Waals surface area contributed by atoms with Crippen molar-refractivity contribution in [2.45, 2.75) is 70.5 Å². The molecular formula is C26H33N7O9S. The number of aromatic nitrogens is 4. The van der Waals surface area contributed by atoms with Gasteiger partial charge >= 0.3 is 16.3 Å². The van der Waals surface area contributed by atoms with Gasteiger partial charge in [-0.3, -0.25) is 14.7 Å². The second-order valence-electron chi connectivity index (χ2n) is 11.5. The number of nitrogens with one attached hydrogen (secondary N) is 2.